The lowest BCUT2D eigenvalue weighted by atomic mass is 10.5. The van der Waals surface area contributed by atoms with Crippen molar-refractivity contribution in [3.8, 4) is 5.88 Å². The van der Waals surface area contributed by atoms with E-state index >= 15 is 0 Å². The highest BCUT2D eigenvalue weighted by Crippen LogP contribution is 2.10. The molecule has 0 atom stereocenters. The van der Waals surface area contributed by atoms with Gasteiger partial charge in [0.1, 0.15) is 6.61 Å². The fourth-order valence-electron chi connectivity index (χ4n) is 0.578. The van der Waals surface area contributed by atoms with Gasteiger partial charge >= 0.3 is 12.0 Å². The Hall–Kier alpha value is -1.83. The molecule has 0 saturated carbocycles. The molecule has 0 radical (unpaired) electrons. The number of methoxy groups -OCH3 is 1. The van der Waals surface area contributed by atoms with E-state index < -0.39 is 18.6 Å². The molecule has 1 rings (SSSR count). The Kier molecular flexibility index (Phi) is 2.65. The van der Waals surface area contributed by atoms with Gasteiger partial charge in [-0.25, -0.2) is 4.79 Å². The molecule has 0 aliphatic carbocycles. The monoisotopic (exact) mass is 190 g/mol. The molecular weight excluding hydrogens is 184 g/mol. The lowest BCUT2D eigenvalue weighted by Crippen LogP contribution is -2.28. The molecule has 0 aliphatic heterocycles. The molecule has 8 heteroatoms. The molecule has 0 bridgehead atoms. The molecular formula is C5H6N2O6. The van der Waals surface area contributed by atoms with Crippen LogP contribution in [0.3, 0.4) is 0 Å². The minimum Gasteiger partial charge on any atom is -0.437 e. The van der Waals surface area contributed by atoms with E-state index in [9.17, 15) is 10.0 Å². The average molecular weight is 190 g/mol. The van der Waals surface area contributed by atoms with Crippen LogP contribution in [0.5, 0.6) is 5.88 Å². The zero-order chi connectivity index (χ0) is 9.84. The number of aromatic nitrogens is 2. The minimum atomic E-state index is -1.05. The third-order valence-corrected chi connectivity index (χ3v) is 1.16. The lowest BCUT2D eigenvalue weighted by Gasteiger charge is -1.94. The normalized spacial score (nSPS) is 9.69. The first-order valence-electron chi connectivity index (χ1n) is 3.14. The van der Waals surface area contributed by atoms with E-state index in [4.69, 9.17) is 5.11 Å². The quantitative estimate of drug-likeness (QED) is 0.467. The molecule has 0 spiro atoms. The topological polar surface area (TPSA) is 109 Å². The van der Waals surface area contributed by atoms with Crippen molar-refractivity contribution in [3.05, 3.63) is 10.9 Å². The molecule has 0 aromatic carbocycles. The third kappa shape index (κ3) is 1.85. The Morgan fingerprint density at radius 3 is 3.08 bits per heavy atom. The maximum absolute atomic E-state index is 10.6. The number of nitrogens with zero attached hydrogens (tertiary/aromatic N) is 2. The summed E-state index contributed by atoms with van der Waals surface area (Å²) in [4.78, 5) is 10.5. The molecule has 0 saturated heterocycles. The molecule has 72 valence electrons. The van der Waals surface area contributed by atoms with Crippen molar-refractivity contribution >= 4 is 6.16 Å². The van der Waals surface area contributed by atoms with Gasteiger partial charge in [-0.15, -0.1) is 0 Å². The number of ether oxygens (including phenoxy) is 2. The molecule has 0 unspecified atom stereocenters. The second kappa shape index (κ2) is 3.72. The first kappa shape index (κ1) is 9.26. The summed E-state index contributed by atoms with van der Waals surface area (Å²) < 4.78 is 12.5. The molecule has 8 nitrogen and oxygen atoms in total. The van der Waals surface area contributed by atoms with Gasteiger partial charge in [0.15, 0.2) is 0 Å². The average Bonchev–Trinajstić information content (AvgIpc) is 2.46. The van der Waals surface area contributed by atoms with Crippen LogP contribution in [0.2, 0.25) is 0 Å². The van der Waals surface area contributed by atoms with Gasteiger partial charge < -0.3 is 19.8 Å². The second-order valence-corrected chi connectivity index (χ2v) is 1.90. The van der Waals surface area contributed by atoms with Crippen molar-refractivity contribution in [2.45, 2.75) is 6.61 Å². The fourth-order valence-corrected chi connectivity index (χ4v) is 0.578. The van der Waals surface area contributed by atoms with E-state index in [2.05, 4.69) is 19.3 Å². The van der Waals surface area contributed by atoms with Crippen LogP contribution < -0.4 is 9.64 Å². The smallest absolute Gasteiger partial charge is 0.437 e. The van der Waals surface area contributed by atoms with Gasteiger partial charge in [-0.2, -0.15) is 0 Å². The van der Waals surface area contributed by atoms with Crippen molar-refractivity contribution in [1.29, 1.82) is 0 Å². The van der Waals surface area contributed by atoms with E-state index in [-0.39, 0.29) is 10.6 Å². The number of aliphatic hydroxyl groups excluding tert-OH is 1. The number of hydrogen-bond donors (Lipinski definition) is 1. The van der Waals surface area contributed by atoms with Crippen LogP contribution in [0.1, 0.15) is 5.69 Å². The summed E-state index contributed by atoms with van der Waals surface area (Å²) in [7, 11) is 1.09. The van der Waals surface area contributed by atoms with Gasteiger partial charge in [-0.1, -0.05) is 0 Å². The Morgan fingerprint density at radius 1 is 1.85 bits per heavy atom. The first-order chi connectivity index (χ1) is 6.19. The van der Waals surface area contributed by atoms with Crippen molar-refractivity contribution in [1.82, 2.24) is 5.16 Å². The zero-order valence-electron chi connectivity index (χ0n) is 6.59. The van der Waals surface area contributed by atoms with Gasteiger partial charge in [0.05, 0.1) is 12.3 Å². The maximum atomic E-state index is 10.6. The SMILES string of the molecule is COC(=O)Oc1no[n+]([O-])c1CO. The van der Waals surface area contributed by atoms with E-state index in [1.54, 1.807) is 0 Å². The highest BCUT2D eigenvalue weighted by Gasteiger charge is 2.23. The maximum Gasteiger partial charge on any atom is 0.516 e. The zero-order valence-corrected chi connectivity index (χ0v) is 6.59. The van der Waals surface area contributed by atoms with Gasteiger partial charge in [-0.3, -0.25) is 4.63 Å². The fraction of sp³-hybridized carbons (Fsp3) is 0.400. The van der Waals surface area contributed by atoms with Crippen molar-refractivity contribution in [3.63, 3.8) is 0 Å². The number of hydrogen-bond acceptors (Lipinski definition) is 7. The molecule has 1 aromatic heterocycles. The molecule has 0 aliphatic rings. The van der Waals surface area contributed by atoms with Crippen LogP contribution in [0, 0.1) is 5.21 Å². The van der Waals surface area contributed by atoms with Crippen molar-refractivity contribution in [2.75, 3.05) is 7.11 Å². The summed E-state index contributed by atoms with van der Waals surface area (Å²) in [5, 5.41) is 22.3. The van der Waals surface area contributed by atoms with Crippen molar-refractivity contribution < 1.29 is 28.9 Å². The lowest BCUT2D eigenvalue weighted by molar-refractivity contribution is -0.809. The molecule has 1 aromatic rings. The Balaban J connectivity index is 2.82. The summed E-state index contributed by atoms with van der Waals surface area (Å²) >= 11 is 0. The summed E-state index contributed by atoms with van der Waals surface area (Å²) in [6, 6.07) is 0. The summed E-state index contributed by atoms with van der Waals surface area (Å²) in [6.45, 7) is -0.653. The van der Waals surface area contributed by atoms with E-state index in [0.29, 0.717) is 0 Å². The summed E-state index contributed by atoms with van der Waals surface area (Å²) in [5.74, 6) is -0.413. The van der Waals surface area contributed by atoms with E-state index in [1.165, 1.54) is 0 Å². The summed E-state index contributed by atoms with van der Waals surface area (Å²) in [5.41, 5.74) is -0.301. The Bertz CT molecular complexity index is 308. The first-order valence-corrected chi connectivity index (χ1v) is 3.14. The summed E-state index contributed by atoms with van der Waals surface area (Å²) in [6.07, 6.45) is -1.05. The Morgan fingerprint density at radius 2 is 2.54 bits per heavy atom. The van der Waals surface area contributed by atoms with Crippen LogP contribution in [-0.2, 0) is 11.3 Å². The van der Waals surface area contributed by atoms with Gasteiger partial charge in [0.2, 0.25) is 0 Å². The van der Waals surface area contributed by atoms with Gasteiger partial charge in [0, 0.05) is 0 Å². The van der Waals surface area contributed by atoms with Gasteiger partial charge in [0.25, 0.3) is 5.69 Å². The van der Waals surface area contributed by atoms with Crippen LogP contribution >= 0.6 is 0 Å². The number of carbonyl (C=O) groups is 1. The number of aliphatic hydroxyl groups is 1. The minimum absolute atomic E-state index is 0.0712. The molecule has 0 fully saturated rings. The molecule has 0 amide bonds. The number of rotatable bonds is 2. The number of carbonyl (C=O) groups excluding carboxylic acids is 1. The van der Waals surface area contributed by atoms with E-state index in [0.717, 1.165) is 7.11 Å². The van der Waals surface area contributed by atoms with Crippen LogP contribution in [-0.4, -0.2) is 23.5 Å². The highest BCUT2D eigenvalue weighted by molar-refractivity contribution is 5.62. The molecule has 1 heterocycles. The standard InChI is InChI=1S/C5H6N2O6/c1-11-5(9)12-4-3(2-8)7(10)13-6-4/h8H,2H2,1H3. The third-order valence-electron chi connectivity index (χ3n) is 1.16. The Labute approximate surface area is 71.8 Å². The molecule has 13 heavy (non-hydrogen) atoms. The second-order valence-electron chi connectivity index (χ2n) is 1.90. The van der Waals surface area contributed by atoms with E-state index in [1.807, 2.05) is 0 Å². The largest absolute Gasteiger partial charge is 0.516 e. The highest BCUT2D eigenvalue weighted by atomic mass is 16.8. The van der Waals surface area contributed by atoms with Crippen molar-refractivity contribution in [2.24, 2.45) is 0 Å². The van der Waals surface area contributed by atoms with Crippen LogP contribution in [0.15, 0.2) is 4.63 Å². The predicted molar refractivity (Wildman–Crippen MR) is 34.4 cm³/mol. The predicted octanol–water partition coefficient (Wildman–Crippen LogP) is -1.05. The van der Waals surface area contributed by atoms with Crippen LogP contribution in [0.25, 0.3) is 0 Å². The van der Waals surface area contributed by atoms with Crippen LogP contribution in [0.4, 0.5) is 4.79 Å². The van der Waals surface area contributed by atoms with Gasteiger partial charge in [-0.05, 0) is 4.90 Å². The molecule has 1 N–H and O–H groups in total.